The molecule has 3 heterocycles. The number of pyridine rings is 1. The number of thiophene rings is 1. The first-order valence-corrected chi connectivity index (χ1v) is 8.87. The quantitative estimate of drug-likeness (QED) is 0.573. The summed E-state index contributed by atoms with van der Waals surface area (Å²) in [6, 6.07) is 5.62. The third kappa shape index (κ3) is 4.65. The molecule has 0 aliphatic carbocycles. The second kappa shape index (κ2) is 8.87. The molecule has 0 bridgehead atoms. The molecule has 1 atom stereocenters. The third-order valence-corrected chi connectivity index (χ3v) is 5.33. The Bertz CT molecular complexity index is 821. The molecule has 0 aliphatic rings. The van der Waals surface area contributed by atoms with Crippen molar-refractivity contribution in [2.24, 2.45) is 5.73 Å². The fraction of sp³-hybridized carbons (Fsp3) is 0.353. The van der Waals surface area contributed by atoms with Gasteiger partial charge in [0.1, 0.15) is 10.9 Å². The van der Waals surface area contributed by atoms with Crippen molar-refractivity contribution in [3.05, 3.63) is 45.8 Å². The Kier molecular flexibility index (Phi) is 7.10. The number of aromatic nitrogens is 1. The van der Waals surface area contributed by atoms with Gasteiger partial charge in [0.2, 0.25) is 0 Å². The first-order valence-electron chi connectivity index (χ1n) is 7.67. The van der Waals surface area contributed by atoms with Gasteiger partial charge in [-0.05, 0) is 31.0 Å². The van der Waals surface area contributed by atoms with Crippen LogP contribution < -0.4 is 11.1 Å². The standard InChI is InChI=1S/C17H20ClN3O2S.ClH/c1-10-14(6-11(19)9-22-2)24-17-13(7-15(18)21-16(10)17)20-8-12-4-3-5-23-12;/h3-5,7,11H,6,8-9,19H2,1-2H3,(H,20,21);1H. The van der Waals surface area contributed by atoms with Crippen molar-refractivity contribution in [2.45, 2.75) is 25.9 Å². The number of furan rings is 1. The molecule has 3 aromatic rings. The lowest BCUT2D eigenvalue weighted by atomic mass is 10.1. The Morgan fingerprint density at radius 3 is 2.96 bits per heavy atom. The number of anilines is 1. The fourth-order valence-electron chi connectivity index (χ4n) is 2.62. The SMILES string of the molecule is COCC(N)Cc1sc2c(NCc3ccco3)cc(Cl)nc2c1C.Cl. The first kappa shape index (κ1) is 20.0. The van der Waals surface area contributed by atoms with Gasteiger partial charge >= 0.3 is 0 Å². The molecular weight excluding hydrogens is 381 g/mol. The number of hydrogen-bond donors (Lipinski definition) is 2. The zero-order valence-corrected chi connectivity index (χ0v) is 16.4. The molecule has 0 saturated heterocycles. The number of fused-ring (bicyclic) bond motifs is 1. The van der Waals surface area contributed by atoms with Crippen molar-refractivity contribution in [2.75, 3.05) is 19.0 Å². The highest BCUT2D eigenvalue weighted by Gasteiger charge is 2.16. The van der Waals surface area contributed by atoms with E-state index in [1.54, 1.807) is 24.7 Å². The van der Waals surface area contributed by atoms with Crippen molar-refractivity contribution in [3.8, 4) is 0 Å². The molecule has 0 radical (unpaired) electrons. The molecule has 0 saturated carbocycles. The summed E-state index contributed by atoms with van der Waals surface area (Å²) in [6.07, 6.45) is 2.42. The Hall–Kier alpha value is -1.31. The molecule has 5 nitrogen and oxygen atoms in total. The van der Waals surface area contributed by atoms with Crippen LogP contribution >= 0.6 is 35.3 Å². The van der Waals surface area contributed by atoms with E-state index in [1.165, 1.54) is 4.88 Å². The summed E-state index contributed by atoms with van der Waals surface area (Å²) in [7, 11) is 1.66. The summed E-state index contributed by atoms with van der Waals surface area (Å²) in [5, 5.41) is 3.86. The summed E-state index contributed by atoms with van der Waals surface area (Å²) in [6.45, 7) is 3.19. The average molecular weight is 402 g/mol. The Morgan fingerprint density at radius 2 is 2.28 bits per heavy atom. The van der Waals surface area contributed by atoms with Gasteiger partial charge in [0.15, 0.2) is 0 Å². The zero-order chi connectivity index (χ0) is 17.1. The van der Waals surface area contributed by atoms with Crippen LogP contribution in [0.4, 0.5) is 5.69 Å². The predicted molar refractivity (Wildman–Crippen MR) is 106 cm³/mol. The topological polar surface area (TPSA) is 73.3 Å². The van der Waals surface area contributed by atoms with E-state index in [0.717, 1.165) is 33.6 Å². The van der Waals surface area contributed by atoms with Gasteiger partial charge in [-0.1, -0.05) is 11.6 Å². The number of hydrogen-bond acceptors (Lipinski definition) is 6. The summed E-state index contributed by atoms with van der Waals surface area (Å²) in [4.78, 5) is 5.71. The van der Waals surface area contributed by atoms with Crippen LogP contribution in [0, 0.1) is 6.92 Å². The molecule has 3 N–H and O–H groups in total. The Balaban J connectivity index is 0.00000225. The van der Waals surface area contributed by atoms with Crippen LogP contribution in [0.5, 0.6) is 0 Å². The van der Waals surface area contributed by atoms with Crippen LogP contribution in [-0.2, 0) is 17.7 Å². The van der Waals surface area contributed by atoms with Crippen molar-refractivity contribution < 1.29 is 9.15 Å². The number of aryl methyl sites for hydroxylation is 1. The lowest BCUT2D eigenvalue weighted by Crippen LogP contribution is -2.27. The van der Waals surface area contributed by atoms with E-state index in [-0.39, 0.29) is 18.4 Å². The molecular formula is C17H21Cl2N3O2S. The number of ether oxygens (including phenoxy) is 1. The summed E-state index contributed by atoms with van der Waals surface area (Å²) in [5.74, 6) is 0.867. The lowest BCUT2D eigenvalue weighted by molar-refractivity contribution is 0.180. The fourth-order valence-corrected chi connectivity index (χ4v) is 4.15. The monoisotopic (exact) mass is 401 g/mol. The van der Waals surface area contributed by atoms with Gasteiger partial charge in [0.05, 0.1) is 35.3 Å². The molecule has 136 valence electrons. The average Bonchev–Trinajstić information content (AvgIpc) is 3.15. The normalized spacial score (nSPS) is 12.2. The molecule has 0 spiro atoms. The molecule has 3 rings (SSSR count). The van der Waals surface area contributed by atoms with E-state index in [4.69, 9.17) is 26.5 Å². The third-order valence-electron chi connectivity index (χ3n) is 3.80. The highest BCUT2D eigenvalue weighted by molar-refractivity contribution is 7.19. The minimum absolute atomic E-state index is 0. The van der Waals surface area contributed by atoms with Gasteiger partial charge in [-0.2, -0.15) is 0 Å². The van der Waals surface area contributed by atoms with Gasteiger partial charge in [0.25, 0.3) is 0 Å². The van der Waals surface area contributed by atoms with Crippen LogP contribution in [0.25, 0.3) is 10.2 Å². The molecule has 1 unspecified atom stereocenters. The number of nitrogens with zero attached hydrogens (tertiary/aromatic N) is 1. The van der Waals surface area contributed by atoms with E-state index in [1.807, 2.05) is 18.2 Å². The van der Waals surface area contributed by atoms with Crippen LogP contribution in [0.15, 0.2) is 28.9 Å². The zero-order valence-electron chi connectivity index (χ0n) is 14.0. The molecule has 3 aromatic heterocycles. The van der Waals surface area contributed by atoms with E-state index in [9.17, 15) is 0 Å². The van der Waals surface area contributed by atoms with Crippen LogP contribution in [0.2, 0.25) is 5.15 Å². The summed E-state index contributed by atoms with van der Waals surface area (Å²) >= 11 is 7.91. The first-order chi connectivity index (χ1) is 11.6. The Morgan fingerprint density at radius 1 is 1.48 bits per heavy atom. The van der Waals surface area contributed by atoms with Crippen LogP contribution in [0.3, 0.4) is 0 Å². The maximum absolute atomic E-state index is 6.21. The van der Waals surface area contributed by atoms with Gasteiger partial charge in [-0.15, -0.1) is 23.7 Å². The van der Waals surface area contributed by atoms with Crippen molar-refractivity contribution in [1.29, 1.82) is 0 Å². The Labute approximate surface area is 161 Å². The highest BCUT2D eigenvalue weighted by Crippen LogP contribution is 2.37. The molecule has 0 aliphatic heterocycles. The van der Waals surface area contributed by atoms with E-state index >= 15 is 0 Å². The second-order valence-corrected chi connectivity index (χ2v) is 7.17. The minimum atomic E-state index is -0.0308. The second-order valence-electron chi connectivity index (χ2n) is 5.67. The number of nitrogens with two attached hydrogens (primary N) is 1. The maximum atomic E-state index is 6.21. The van der Waals surface area contributed by atoms with E-state index < -0.39 is 0 Å². The minimum Gasteiger partial charge on any atom is -0.467 e. The molecule has 0 amide bonds. The molecule has 0 fully saturated rings. The molecule has 0 aromatic carbocycles. The van der Waals surface area contributed by atoms with Crippen LogP contribution in [-0.4, -0.2) is 24.7 Å². The maximum Gasteiger partial charge on any atom is 0.131 e. The largest absolute Gasteiger partial charge is 0.467 e. The molecule has 25 heavy (non-hydrogen) atoms. The van der Waals surface area contributed by atoms with Gasteiger partial charge in [-0.3, -0.25) is 0 Å². The van der Waals surface area contributed by atoms with Crippen molar-refractivity contribution in [3.63, 3.8) is 0 Å². The summed E-state index contributed by atoms with van der Waals surface area (Å²) < 4.78 is 11.6. The number of methoxy groups -OCH3 is 1. The van der Waals surface area contributed by atoms with Gasteiger partial charge < -0.3 is 20.2 Å². The lowest BCUT2D eigenvalue weighted by Gasteiger charge is -2.08. The number of halogens is 2. The smallest absolute Gasteiger partial charge is 0.131 e. The van der Waals surface area contributed by atoms with E-state index in [2.05, 4.69) is 17.2 Å². The van der Waals surface area contributed by atoms with Crippen molar-refractivity contribution in [1.82, 2.24) is 4.98 Å². The van der Waals surface area contributed by atoms with Gasteiger partial charge in [0, 0.05) is 24.1 Å². The van der Waals surface area contributed by atoms with Gasteiger partial charge in [-0.25, -0.2) is 4.98 Å². The molecule has 8 heteroatoms. The van der Waals surface area contributed by atoms with Crippen molar-refractivity contribution >= 4 is 51.2 Å². The highest BCUT2D eigenvalue weighted by atomic mass is 35.5. The summed E-state index contributed by atoms with van der Waals surface area (Å²) in [5.41, 5.74) is 9.12. The van der Waals surface area contributed by atoms with E-state index in [0.29, 0.717) is 18.3 Å². The predicted octanol–water partition coefficient (Wildman–Crippen LogP) is 4.40. The number of rotatable bonds is 7. The number of nitrogens with one attached hydrogen (secondary N) is 1. The van der Waals surface area contributed by atoms with Crippen LogP contribution in [0.1, 0.15) is 16.2 Å².